The third-order valence-electron chi connectivity index (χ3n) is 1.97. The van der Waals surface area contributed by atoms with E-state index in [0.717, 1.165) is 0 Å². The number of nitriles is 1. The van der Waals surface area contributed by atoms with Crippen molar-refractivity contribution in [3.63, 3.8) is 0 Å². The first-order valence-corrected chi connectivity index (χ1v) is 5.47. The minimum atomic E-state index is -1.08. The molecule has 1 rings (SSSR count). The van der Waals surface area contributed by atoms with Crippen LogP contribution in [0.4, 0.5) is 0 Å². The predicted molar refractivity (Wildman–Crippen MR) is 61.4 cm³/mol. The van der Waals surface area contributed by atoms with Crippen molar-refractivity contribution in [2.75, 3.05) is 0 Å². The lowest BCUT2D eigenvalue weighted by Crippen LogP contribution is -2.15. The number of hydrogen-bond acceptors (Lipinski definition) is 3. The highest BCUT2D eigenvalue weighted by molar-refractivity contribution is 9.10. The van der Waals surface area contributed by atoms with E-state index in [1.807, 2.05) is 6.07 Å². The van der Waals surface area contributed by atoms with Gasteiger partial charge in [0.15, 0.2) is 6.10 Å². The van der Waals surface area contributed by atoms with Crippen LogP contribution >= 0.6 is 15.9 Å². The Morgan fingerprint density at radius 1 is 1.69 bits per heavy atom. The number of benzene rings is 1. The molecule has 0 aliphatic heterocycles. The second-order valence-corrected chi connectivity index (χ2v) is 3.92. The number of para-hydroxylation sites is 1. The fraction of sp³-hybridized carbons (Fsp3) is 0.273. The third-order valence-corrected chi connectivity index (χ3v) is 2.60. The molecule has 1 aromatic rings. The van der Waals surface area contributed by atoms with Gasteiger partial charge in [-0.15, -0.1) is 0 Å². The van der Waals surface area contributed by atoms with Crippen molar-refractivity contribution in [2.45, 2.75) is 19.4 Å². The number of aromatic carboxylic acids is 1. The second kappa shape index (κ2) is 5.52. The summed E-state index contributed by atoms with van der Waals surface area (Å²) in [6, 6.07) is 6.67. The van der Waals surface area contributed by atoms with Gasteiger partial charge in [0.2, 0.25) is 0 Å². The van der Waals surface area contributed by atoms with E-state index in [1.165, 1.54) is 6.07 Å². The largest absolute Gasteiger partial charge is 0.478 e. The molecule has 0 saturated heterocycles. The Morgan fingerprint density at radius 2 is 2.38 bits per heavy atom. The molecule has 16 heavy (non-hydrogen) atoms. The number of ether oxygens (including phenoxy) is 1. The van der Waals surface area contributed by atoms with E-state index in [9.17, 15) is 4.79 Å². The van der Waals surface area contributed by atoms with Crippen molar-refractivity contribution in [1.82, 2.24) is 0 Å². The molecule has 0 amide bonds. The number of rotatable bonds is 4. The molecule has 1 atom stereocenters. The van der Waals surface area contributed by atoms with E-state index in [-0.39, 0.29) is 11.3 Å². The van der Waals surface area contributed by atoms with Gasteiger partial charge in [0.05, 0.1) is 4.47 Å². The smallest absolute Gasteiger partial charge is 0.339 e. The molecule has 1 N–H and O–H groups in total. The first-order chi connectivity index (χ1) is 7.60. The van der Waals surface area contributed by atoms with Crippen LogP contribution in [0.25, 0.3) is 0 Å². The summed E-state index contributed by atoms with van der Waals surface area (Å²) in [4.78, 5) is 10.9. The zero-order valence-corrected chi connectivity index (χ0v) is 10.2. The van der Waals surface area contributed by atoms with Crippen LogP contribution in [-0.2, 0) is 0 Å². The number of carboxylic acid groups (broad SMARTS) is 1. The van der Waals surface area contributed by atoms with Crippen LogP contribution in [0.2, 0.25) is 0 Å². The van der Waals surface area contributed by atoms with Gasteiger partial charge in [0.1, 0.15) is 17.4 Å². The number of halogens is 1. The third kappa shape index (κ3) is 2.74. The first kappa shape index (κ1) is 12.5. The van der Waals surface area contributed by atoms with Gasteiger partial charge < -0.3 is 9.84 Å². The van der Waals surface area contributed by atoms with E-state index in [2.05, 4.69) is 15.9 Å². The number of hydrogen-bond donors (Lipinski definition) is 1. The van der Waals surface area contributed by atoms with Gasteiger partial charge in [-0.05, 0) is 34.5 Å². The Morgan fingerprint density at radius 3 is 2.88 bits per heavy atom. The average Bonchev–Trinajstić information content (AvgIpc) is 2.27. The quantitative estimate of drug-likeness (QED) is 0.922. The van der Waals surface area contributed by atoms with E-state index in [0.29, 0.717) is 10.9 Å². The van der Waals surface area contributed by atoms with Crippen LogP contribution in [0.3, 0.4) is 0 Å². The minimum absolute atomic E-state index is 0.0445. The van der Waals surface area contributed by atoms with Crippen LogP contribution in [0, 0.1) is 11.3 Å². The fourth-order valence-electron chi connectivity index (χ4n) is 1.14. The summed E-state index contributed by atoms with van der Waals surface area (Å²) in [5, 5.41) is 17.7. The van der Waals surface area contributed by atoms with Gasteiger partial charge in [-0.1, -0.05) is 13.0 Å². The summed E-state index contributed by atoms with van der Waals surface area (Å²) in [6.07, 6.45) is -0.145. The molecule has 5 heteroatoms. The van der Waals surface area contributed by atoms with Crippen LogP contribution < -0.4 is 4.74 Å². The Bertz CT molecular complexity index is 439. The predicted octanol–water partition coefficient (Wildman–Crippen LogP) is 2.83. The molecule has 4 nitrogen and oxygen atoms in total. The summed E-state index contributed by atoms with van der Waals surface area (Å²) in [5.74, 6) is -0.882. The van der Waals surface area contributed by atoms with E-state index < -0.39 is 12.1 Å². The summed E-state index contributed by atoms with van der Waals surface area (Å²) in [6.45, 7) is 1.80. The second-order valence-electron chi connectivity index (χ2n) is 3.07. The van der Waals surface area contributed by atoms with Crippen molar-refractivity contribution >= 4 is 21.9 Å². The first-order valence-electron chi connectivity index (χ1n) is 4.68. The Kier molecular flexibility index (Phi) is 4.32. The van der Waals surface area contributed by atoms with Crippen molar-refractivity contribution in [2.24, 2.45) is 0 Å². The van der Waals surface area contributed by atoms with Crippen molar-refractivity contribution in [1.29, 1.82) is 5.26 Å². The van der Waals surface area contributed by atoms with Crippen LogP contribution in [0.1, 0.15) is 23.7 Å². The van der Waals surface area contributed by atoms with Gasteiger partial charge in [-0.25, -0.2) is 4.79 Å². The van der Waals surface area contributed by atoms with Gasteiger partial charge in [0, 0.05) is 0 Å². The Hall–Kier alpha value is -1.54. The fourth-order valence-corrected chi connectivity index (χ4v) is 1.60. The Balaban J connectivity index is 3.11. The zero-order chi connectivity index (χ0) is 12.1. The SMILES string of the molecule is CCC(C#N)Oc1c(Br)cccc1C(=O)O. The molecule has 1 unspecified atom stereocenters. The van der Waals surface area contributed by atoms with Crippen molar-refractivity contribution in [3.05, 3.63) is 28.2 Å². The van der Waals surface area contributed by atoms with E-state index in [4.69, 9.17) is 15.1 Å². The van der Waals surface area contributed by atoms with Crippen LogP contribution in [0.15, 0.2) is 22.7 Å². The topological polar surface area (TPSA) is 70.3 Å². The highest BCUT2D eigenvalue weighted by Gasteiger charge is 2.17. The maximum Gasteiger partial charge on any atom is 0.339 e. The lowest BCUT2D eigenvalue weighted by Gasteiger charge is -2.13. The average molecular weight is 284 g/mol. The maximum atomic E-state index is 10.9. The van der Waals surface area contributed by atoms with Gasteiger partial charge in [0.25, 0.3) is 0 Å². The summed E-state index contributed by atoms with van der Waals surface area (Å²) in [7, 11) is 0. The molecule has 0 spiro atoms. The van der Waals surface area contributed by atoms with E-state index >= 15 is 0 Å². The molecule has 0 aliphatic carbocycles. The molecule has 0 radical (unpaired) electrons. The molecule has 0 aliphatic rings. The number of nitrogens with zero attached hydrogens (tertiary/aromatic N) is 1. The molecule has 0 bridgehead atoms. The molecular weight excluding hydrogens is 274 g/mol. The van der Waals surface area contributed by atoms with E-state index in [1.54, 1.807) is 19.1 Å². The van der Waals surface area contributed by atoms with Gasteiger partial charge in [-0.2, -0.15) is 5.26 Å². The molecule has 0 saturated carbocycles. The molecule has 0 aromatic heterocycles. The zero-order valence-electron chi connectivity index (χ0n) is 8.61. The summed E-state index contributed by atoms with van der Waals surface area (Å²) in [5.41, 5.74) is 0.0445. The number of carbonyl (C=O) groups is 1. The normalized spacial score (nSPS) is 11.6. The van der Waals surface area contributed by atoms with Gasteiger partial charge >= 0.3 is 5.97 Å². The molecule has 84 valence electrons. The van der Waals surface area contributed by atoms with Crippen molar-refractivity contribution in [3.8, 4) is 11.8 Å². The maximum absolute atomic E-state index is 10.9. The van der Waals surface area contributed by atoms with Crippen molar-refractivity contribution < 1.29 is 14.6 Å². The molecule has 0 heterocycles. The highest BCUT2D eigenvalue weighted by Crippen LogP contribution is 2.30. The lowest BCUT2D eigenvalue weighted by atomic mass is 10.2. The highest BCUT2D eigenvalue weighted by atomic mass is 79.9. The number of carboxylic acids is 1. The standard InChI is InChI=1S/C11H10BrNO3/c1-2-7(6-13)16-10-8(11(14)15)4-3-5-9(10)12/h3-5,7H,2H2,1H3,(H,14,15). The molecule has 0 fully saturated rings. The van der Waals surface area contributed by atoms with Gasteiger partial charge in [-0.3, -0.25) is 0 Å². The Labute approximate surface area is 102 Å². The van der Waals surface area contributed by atoms with Crippen LogP contribution in [-0.4, -0.2) is 17.2 Å². The molecular formula is C11H10BrNO3. The monoisotopic (exact) mass is 283 g/mol. The molecule has 1 aromatic carbocycles. The lowest BCUT2D eigenvalue weighted by molar-refractivity contribution is 0.0690. The summed E-state index contributed by atoms with van der Waals surface area (Å²) < 4.78 is 5.88. The van der Waals surface area contributed by atoms with Crippen LogP contribution in [0.5, 0.6) is 5.75 Å². The summed E-state index contributed by atoms with van der Waals surface area (Å²) >= 11 is 3.20. The minimum Gasteiger partial charge on any atom is -0.478 e.